The molecule has 1 N–H and O–H groups in total. The third-order valence-corrected chi connectivity index (χ3v) is 2.56. The number of ether oxygens (including phenoxy) is 1. The first kappa shape index (κ1) is 7.85. The predicted molar refractivity (Wildman–Crippen MR) is 55.4 cm³/mol. The van der Waals surface area contributed by atoms with E-state index in [-0.39, 0.29) is 0 Å². The second kappa shape index (κ2) is 2.93. The van der Waals surface area contributed by atoms with Gasteiger partial charge in [0.05, 0.1) is 12.5 Å². The zero-order valence-electron chi connectivity index (χ0n) is 6.47. The van der Waals surface area contributed by atoms with Crippen LogP contribution in [0.2, 0.25) is 0 Å². The molecule has 3 nitrogen and oxygen atoms in total. The summed E-state index contributed by atoms with van der Waals surface area (Å²) >= 11 is 2.25. The molecule has 0 aromatic carbocycles. The molecule has 2 rings (SSSR count). The van der Waals surface area contributed by atoms with Crippen LogP contribution in [0, 0.1) is 3.57 Å². The first-order chi connectivity index (χ1) is 5.83. The Morgan fingerprint density at radius 1 is 1.58 bits per heavy atom. The second-order valence-corrected chi connectivity index (χ2v) is 3.54. The molecule has 2 aromatic heterocycles. The van der Waals surface area contributed by atoms with Gasteiger partial charge < -0.3 is 9.72 Å². The summed E-state index contributed by atoms with van der Waals surface area (Å²) in [5.41, 5.74) is 0.874. The number of methoxy groups -OCH3 is 1. The van der Waals surface area contributed by atoms with Crippen molar-refractivity contribution in [3.63, 3.8) is 0 Å². The van der Waals surface area contributed by atoms with Crippen LogP contribution in [-0.4, -0.2) is 17.1 Å². The number of nitrogens with zero attached hydrogens (tertiary/aromatic N) is 1. The Morgan fingerprint density at radius 2 is 2.42 bits per heavy atom. The van der Waals surface area contributed by atoms with Crippen LogP contribution >= 0.6 is 22.6 Å². The molecule has 0 fully saturated rings. The standard InChI is InChI=1S/C8H7IN2O/c1-12-6-2-3-10-8-7(6)5(9)4-11-8/h2-4H,1H3,(H,10,11). The molecule has 0 amide bonds. The Balaban J connectivity index is 2.84. The second-order valence-electron chi connectivity index (χ2n) is 2.37. The average molecular weight is 274 g/mol. The van der Waals surface area contributed by atoms with Crippen molar-refractivity contribution >= 4 is 33.6 Å². The number of H-pyrrole nitrogens is 1. The Morgan fingerprint density at radius 3 is 3.17 bits per heavy atom. The van der Waals surface area contributed by atoms with E-state index in [9.17, 15) is 0 Å². The van der Waals surface area contributed by atoms with Crippen LogP contribution in [-0.2, 0) is 0 Å². The minimum absolute atomic E-state index is 0.866. The Kier molecular flexibility index (Phi) is 1.92. The van der Waals surface area contributed by atoms with E-state index in [1.807, 2.05) is 12.3 Å². The number of hydrogen-bond acceptors (Lipinski definition) is 2. The fraction of sp³-hybridized carbons (Fsp3) is 0.125. The number of fused-ring (bicyclic) bond motifs is 1. The molecule has 0 aliphatic rings. The van der Waals surface area contributed by atoms with Crippen molar-refractivity contribution < 1.29 is 4.74 Å². The maximum Gasteiger partial charge on any atom is 0.142 e. The maximum atomic E-state index is 5.20. The van der Waals surface area contributed by atoms with E-state index in [0.717, 1.165) is 20.4 Å². The highest BCUT2D eigenvalue weighted by molar-refractivity contribution is 14.1. The lowest BCUT2D eigenvalue weighted by Crippen LogP contribution is -1.85. The molecule has 0 saturated heterocycles. The summed E-state index contributed by atoms with van der Waals surface area (Å²) in [6.45, 7) is 0. The molecule has 2 aromatic rings. The molecule has 0 bridgehead atoms. The fourth-order valence-corrected chi connectivity index (χ4v) is 1.84. The van der Waals surface area contributed by atoms with Crippen LogP contribution in [0.3, 0.4) is 0 Å². The summed E-state index contributed by atoms with van der Waals surface area (Å²) in [6, 6.07) is 1.86. The molecule has 4 heteroatoms. The summed E-state index contributed by atoms with van der Waals surface area (Å²) in [5, 5.41) is 1.06. The van der Waals surface area contributed by atoms with E-state index in [0.29, 0.717) is 0 Å². The number of pyridine rings is 1. The van der Waals surface area contributed by atoms with Crippen molar-refractivity contribution in [3.8, 4) is 5.75 Å². The van der Waals surface area contributed by atoms with Gasteiger partial charge in [-0.25, -0.2) is 4.98 Å². The van der Waals surface area contributed by atoms with E-state index in [2.05, 4.69) is 32.6 Å². The minimum atomic E-state index is 0.866. The average Bonchev–Trinajstić information content (AvgIpc) is 2.48. The van der Waals surface area contributed by atoms with Crippen LogP contribution in [0.15, 0.2) is 18.5 Å². The van der Waals surface area contributed by atoms with E-state index >= 15 is 0 Å². The Bertz CT molecular complexity index is 410. The quantitative estimate of drug-likeness (QED) is 0.809. The van der Waals surface area contributed by atoms with Crippen LogP contribution in [0.4, 0.5) is 0 Å². The van der Waals surface area contributed by atoms with Crippen LogP contribution < -0.4 is 4.74 Å². The van der Waals surface area contributed by atoms with Gasteiger partial charge >= 0.3 is 0 Å². The van der Waals surface area contributed by atoms with Gasteiger partial charge in [-0.1, -0.05) is 0 Å². The van der Waals surface area contributed by atoms with Crippen molar-refractivity contribution in [1.29, 1.82) is 0 Å². The number of rotatable bonds is 1. The summed E-state index contributed by atoms with van der Waals surface area (Å²) < 4.78 is 6.33. The lowest BCUT2D eigenvalue weighted by atomic mass is 10.3. The highest BCUT2D eigenvalue weighted by Crippen LogP contribution is 2.27. The van der Waals surface area contributed by atoms with E-state index in [1.54, 1.807) is 13.3 Å². The van der Waals surface area contributed by atoms with Crippen molar-refractivity contribution in [2.75, 3.05) is 7.11 Å². The van der Waals surface area contributed by atoms with Crippen molar-refractivity contribution in [1.82, 2.24) is 9.97 Å². The molecule has 0 atom stereocenters. The highest BCUT2D eigenvalue weighted by atomic mass is 127. The van der Waals surface area contributed by atoms with E-state index in [1.165, 1.54) is 0 Å². The van der Waals surface area contributed by atoms with Gasteiger partial charge in [-0.3, -0.25) is 0 Å². The summed E-state index contributed by atoms with van der Waals surface area (Å²) in [7, 11) is 1.66. The third kappa shape index (κ3) is 1.06. The summed E-state index contributed by atoms with van der Waals surface area (Å²) in [5.74, 6) is 0.866. The molecule has 0 unspecified atom stereocenters. The highest BCUT2D eigenvalue weighted by Gasteiger charge is 2.06. The SMILES string of the molecule is COc1ccnc2[nH]cc(I)c12. The molecular weight excluding hydrogens is 267 g/mol. The number of halogens is 1. The molecular formula is C8H7IN2O. The van der Waals surface area contributed by atoms with Gasteiger partial charge in [0.1, 0.15) is 11.4 Å². The smallest absolute Gasteiger partial charge is 0.142 e. The van der Waals surface area contributed by atoms with Gasteiger partial charge in [0.2, 0.25) is 0 Å². The zero-order valence-corrected chi connectivity index (χ0v) is 8.62. The first-order valence-corrected chi connectivity index (χ1v) is 4.56. The monoisotopic (exact) mass is 274 g/mol. The minimum Gasteiger partial charge on any atom is -0.496 e. The molecule has 0 spiro atoms. The van der Waals surface area contributed by atoms with Gasteiger partial charge in [0, 0.05) is 16.0 Å². The third-order valence-electron chi connectivity index (χ3n) is 1.71. The maximum absolute atomic E-state index is 5.20. The number of aromatic amines is 1. The van der Waals surface area contributed by atoms with Gasteiger partial charge in [-0.05, 0) is 28.7 Å². The van der Waals surface area contributed by atoms with Crippen LogP contribution in [0.25, 0.3) is 11.0 Å². The van der Waals surface area contributed by atoms with Gasteiger partial charge in [-0.2, -0.15) is 0 Å². The van der Waals surface area contributed by atoms with Crippen molar-refractivity contribution in [2.24, 2.45) is 0 Å². The van der Waals surface area contributed by atoms with Crippen molar-refractivity contribution in [2.45, 2.75) is 0 Å². The van der Waals surface area contributed by atoms with E-state index in [4.69, 9.17) is 4.74 Å². The number of nitrogens with one attached hydrogen (secondary N) is 1. The lowest BCUT2D eigenvalue weighted by molar-refractivity contribution is 0.419. The molecule has 12 heavy (non-hydrogen) atoms. The summed E-state index contributed by atoms with van der Waals surface area (Å²) in [4.78, 5) is 7.23. The molecule has 0 aliphatic heterocycles. The first-order valence-electron chi connectivity index (χ1n) is 3.48. The predicted octanol–water partition coefficient (Wildman–Crippen LogP) is 2.18. The largest absolute Gasteiger partial charge is 0.496 e. The summed E-state index contributed by atoms with van der Waals surface area (Å²) in [6.07, 6.45) is 3.65. The van der Waals surface area contributed by atoms with E-state index < -0.39 is 0 Å². The normalized spacial score (nSPS) is 10.5. The van der Waals surface area contributed by atoms with Crippen LogP contribution in [0.5, 0.6) is 5.75 Å². The van der Waals surface area contributed by atoms with Gasteiger partial charge in [0.15, 0.2) is 0 Å². The molecule has 0 radical (unpaired) electrons. The number of aromatic nitrogens is 2. The number of hydrogen-bond donors (Lipinski definition) is 1. The molecule has 62 valence electrons. The zero-order chi connectivity index (χ0) is 8.55. The molecule has 2 heterocycles. The Hall–Kier alpha value is -0.780. The topological polar surface area (TPSA) is 37.9 Å². The fourth-order valence-electron chi connectivity index (χ4n) is 1.16. The Labute approximate surface area is 83.3 Å². The molecule has 0 aliphatic carbocycles. The van der Waals surface area contributed by atoms with Gasteiger partial charge in [0.25, 0.3) is 0 Å². The van der Waals surface area contributed by atoms with Crippen molar-refractivity contribution in [3.05, 3.63) is 22.0 Å². The lowest BCUT2D eigenvalue weighted by Gasteiger charge is -1.99. The molecule has 0 saturated carbocycles. The van der Waals surface area contributed by atoms with Crippen LogP contribution in [0.1, 0.15) is 0 Å². The van der Waals surface area contributed by atoms with Gasteiger partial charge in [-0.15, -0.1) is 0 Å².